The average molecular weight is 382 g/mol. The van der Waals surface area contributed by atoms with Crippen LogP contribution in [-0.2, 0) is 17.6 Å². The molecule has 2 aromatic rings. The quantitative estimate of drug-likeness (QED) is 0.849. The zero-order valence-electron chi connectivity index (χ0n) is 17.2. The van der Waals surface area contributed by atoms with Gasteiger partial charge in [0.15, 0.2) is 0 Å². The molecule has 5 nitrogen and oxygen atoms in total. The van der Waals surface area contributed by atoms with Crippen LogP contribution in [0.15, 0.2) is 18.2 Å². The maximum atomic E-state index is 13.1. The minimum absolute atomic E-state index is 0.0879. The lowest BCUT2D eigenvalue weighted by atomic mass is 9.84. The van der Waals surface area contributed by atoms with E-state index in [1.807, 2.05) is 12.1 Å². The monoisotopic (exact) mass is 381 g/mol. The Hall–Kier alpha value is -2.30. The molecule has 0 saturated heterocycles. The van der Waals surface area contributed by atoms with Gasteiger partial charge in [0.25, 0.3) is 5.91 Å². The predicted molar refractivity (Wildman–Crippen MR) is 111 cm³/mol. The summed E-state index contributed by atoms with van der Waals surface area (Å²) in [7, 11) is 3.60. The largest absolute Gasteiger partial charge is 0.358 e. The fraction of sp³-hybridized carbons (Fsp3) is 0.565. The lowest BCUT2D eigenvalue weighted by molar-refractivity contribution is -0.138. The lowest BCUT2D eigenvalue weighted by Crippen LogP contribution is -2.46. The Bertz CT molecular complexity index is 906. The zero-order valence-corrected chi connectivity index (χ0v) is 17.2. The van der Waals surface area contributed by atoms with E-state index in [-0.39, 0.29) is 11.8 Å². The van der Waals surface area contributed by atoms with Crippen molar-refractivity contribution in [1.29, 1.82) is 0 Å². The van der Waals surface area contributed by atoms with E-state index in [9.17, 15) is 9.59 Å². The van der Waals surface area contributed by atoms with Crippen molar-refractivity contribution in [2.75, 3.05) is 20.6 Å². The number of benzene rings is 1. The number of aryl methyl sites for hydroxylation is 1. The number of rotatable bonds is 4. The Labute approximate surface area is 166 Å². The van der Waals surface area contributed by atoms with Crippen LogP contribution < -0.4 is 5.32 Å². The van der Waals surface area contributed by atoms with Gasteiger partial charge in [-0.05, 0) is 49.7 Å². The summed E-state index contributed by atoms with van der Waals surface area (Å²) in [6.45, 7) is 2.71. The van der Waals surface area contributed by atoms with Gasteiger partial charge >= 0.3 is 0 Å². The van der Waals surface area contributed by atoms with Crippen molar-refractivity contribution in [3.05, 3.63) is 35.0 Å². The Balaban J connectivity index is 1.59. The van der Waals surface area contributed by atoms with Crippen LogP contribution in [0, 0.1) is 11.3 Å². The van der Waals surface area contributed by atoms with Crippen LogP contribution in [0.4, 0.5) is 0 Å². The second kappa shape index (κ2) is 7.26. The molecule has 0 bridgehead atoms. The molecule has 1 heterocycles. The summed E-state index contributed by atoms with van der Waals surface area (Å²) >= 11 is 0. The normalized spacial score (nSPS) is 20.8. The van der Waals surface area contributed by atoms with Crippen molar-refractivity contribution in [1.82, 2.24) is 15.2 Å². The topological polar surface area (TPSA) is 65.2 Å². The molecular weight excluding hydrogens is 350 g/mol. The molecule has 28 heavy (non-hydrogen) atoms. The molecule has 1 saturated carbocycles. The molecule has 1 atom stereocenters. The Morgan fingerprint density at radius 1 is 1.25 bits per heavy atom. The molecule has 0 spiro atoms. The summed E-state index contributed by atoms with van der Waals surface area (Å²) in [4.78, 5) is 31.0. The average Bonchev–Trinajstić information content (AvgIpc) is 3.30. The Morgan fingerprint density at radius 2 is 2.00 bits per heavy atom. The van der Waals surface area contributed by atoms with E-state index in [0.717, 1.165) is 44.0 Å². The predicted octanol–water partition coefficient (Wildman–Crippen LogP) is 3.67. The number of nitrogens with zero attached hydrogens (tertiary/aromatic N) is 1. The van der Waals surface area contributed by atoms with Gasteiger partial charge in [-0.2, -0.15) is 0 Å². The van der Waals surface area contributed by atoms with E-state index in [0.29, 0.717) is 18.0 Å². The number of aromatic amines is 1. The molecule has 0 radical (unpaired) electrons. The van der Waals surface area contributed by atoms with Crippen molar-refractivity contribution < 1.29 is 9.59 Å². The fourth-order valence-corrected chi connectivity index (χ4v) is 5.14. The molecule has 5 heteroatoms. The first-order valence-electron chi connectivity index (χ1n) is 10.5. The van der Waals surface area contributed by atoms with Crippen LogP contribution in [-0.4, -0.2) is 42.3 Å². The smallest absolute Gasteiger partial charge is 0.253 e. The van der Waals surface area contributed by atoms with Gasteiger partial charge in [0.05, 0.1) is 16.5 Å². The number of nitrogens with one attached hydrogen (secondary N) is 2. The molecule has 2 aliphatic carbocycles. The molecule has 2 N–H and O–H groups in total. The van der Waals surface area contributed by atoms with E-state index in [1.165, 1.54) is 23.1 Å². The molecular formula is C23H31N3O2. The molecule has 1 unspecified atom stereocenters. The van der Waals surface area contributed by atoms with Crippen LogP contribution in [0.3, 0.4) is 0 Å². The highest BCUT2D eigenvalue weighted by Crippen LogP contribution is 2.39. The van der Waals surface area contributed by atoms with Crippen molar-refractivity contribution in [3.8, 4) is 0 Å². The van der Waals surface area contributed by atoms with Gasteiger partial charge in [0, 0.05) is 31.7 Å². The maximum absolute atomic E-state index is 13.1. The first-order chi connectivity index (χ1) is 13.4. The number of amides is 2. The number of carbonyl (C=O) groups excluding carboxylic acids is 2. The summed E-state index contributed by atoms with van der Waals surface area (Å²) < 4.78 is 0. The van der Waals surface area contributed by atoms with Gasteiger partial charge in [-0.1, -0.05) is 31.9 Å². The van der Waals surface area contributed by atoms with Crippen molar-refractivity contribution in [3.63, 3.8) is 0 Å². The molecule has 2 aliphatic rings. The molecule has 1 fully saturated rings. The third-order valence-corrected chi connectivity index (χ3v) is 6.72. The minimum atomic E-state index is -0.447. The molecule has 1 aromatic heterocycles. The standard InChI is InChI=1S/C23H31N3O2/c1-15-9-10-19-18(13-15)16-7-6-8-17(20(16)25-19)21(27)24-14-23(11-4-5-12-23)22(28)26(2)3/h6-8,15,25H,4-5,9-14H2,1-3H3,(H,24,27). The summed E-state index contributed by atoms with van der Waals surface area (Å²) in [5, 5.41) is 4.27. The number of fused-ring (bicyclic) bond motifs is 3. The van der Waals surface area contributed by atoms with Gasteiger partial charge in [0.2, 0.25) is 5.91 Å². The van der Waals surface area contributed by atoms with E-state index in [4.69, 9.17) is 0 Å². The summed E-state index contributed by atoms with van der Waals surface area (Å²) in [5.41, 5.74) is 3.84. The number of hydrogen-bond donors (Lipinski definition) is 2. The summed E-state index contributed by atoms with van der Waals surface area (Å²) in [6.07, 6.45) is 7.11. The SMILES string of the molecule is CC1CCc2[nH]c3c(C(=O)NCC4(C(=O)N(C)C)CCCC4)cccc3c2C1. The maximum Gasteiger partial charge on any atom is 0.253 e. The molecule has 4 rings (SSSR count). The third-order valence-electron chi connectivity index (χ3n) is 6.72. The number of carbonyl (C=O) groups is 2. The third kappa shape index (κ3) is 3.21. The van der Waals surface area contributed by atoms with Crippen LogP contribution in [0.2, 0.25) is 0 Å². The second-order valence-corrected chi connectivity index (χ2v) is 9.03. The van der Waals surface area contributed by atoms with E-state index < -0.39 is 5.41 Å². The molecule has 150 valence electrons. The van der Waals surface area contributed by atoms with Crippen molar-refractivity contribution in [2.45, 2.75) is 51.9 Å². The molecule has 0 aliphatic heterocycles. The van der Waals surface area contributed by atoms with E-state index >= 15 is 0 Å². The van der Waals surface area contributed by atoms with Crippen LogP contribution in [0.5, 0.6) is 0 Å². The number of hydrogen-bond acceptors (Lipinski definition) is 2. The first kappa shape index (κ1) is 19.0. The fourth-order valence-electron chi connectivity index (χ4n) is 5.14. The van der Waals surface area contributed by atoms with E-state index in [2.05, 4.69) is 23.3 Å². The highest BCUT2D eigenvalue weighted by molar-refractivity contribution is 6.07. The van der Waals surface area contributed by atoms with Gasteiger partial charge in [0.1, 0.15) is 0 Å². The first-order valence-corrected chi connectivity index (χ1v) is 10.5. The van der Waals surface area contributed by atoms with Gasteiger partial charge in [-0.25, -0.2) is 0 Å². The van der Waals surface area contributed by atoms with E-state index in [1.54, 1.807) is 19.0 Å². The number of aromatic nitrogens is 1. The molecule has 2 amide bonds. The summed E-state index contributed by atoms with van der Waals surface area (Å²) in [5.74, 6) is 0.728. The van der Waals surface area contributed by atoms with Gasteiger partial charge < -0.3 is 15.2 Å². The Kier molecular flexibility index (Phi) is 4.94. The highest BCUT2D eigenvalue weighted by atomic mass is 16.2. The Morgan fingerprint density at radius 3 is 2.71 bits per heavy atom. The molecule has 1 aromatic carbocycles. The minimum Gasteiger partial charge on any atom is -0.358 e. The van der Waals surface area contributed by atoms with Crippen LogP contribution in [0.1, 0.15) is 60.6 Å². The second-order valence-electron chi connectivity index (χ2n) is 9.03. The van der Waals surface area contributed by atoms with Crippen LogP contribution in [0.25, 0.3) is 10.9 Å². The van der Waals surface area contributed by atoms with Crippen molar-refractivity contribution in [2.24, 2.45) is 11.3 Å². The highest BCUT2D eigenvalue weighted by Gasteiger charge is 2.42. The number of para-hydroxylation sites is 1. The zero-order chi connectivity index (χ0) is 19.9. The number of H-pyrrole nitrogens is 1. The lowest BCUT2D eigenvalue weighted by Gasteiger charge is -2.30. The van der Waals surface area contributed by atoms with Crippen molar-refractivity contribution >= 4 is 22.7 Å². The van der Waals surface area contributed by atoms with Gasteiger partial charge in [-0.15, -0.1) is 0 Å². The van der Waals surface area contributed by atoms with Gasteiger partial charge in [-0.3, -0.25) is 9.59 Å². The van der Waals surface area contributed by atoms with Crippen LogP contribution >= 0.6 is 0 Å². The summed E-state index contributed by atoms with van der Waals surface area (Å²) in [6, 6.07) is 5.98.